The topological polar surface area (TPSA) is 37.3 Å². The van der Waals surface area contributed by atoms with E-state index < -0.39 is 5.97 Å². The van der Waals surface area contributed by atoms with Crippen LogP contribution < -0.4 is 0 Å². The van der Waals surface area contributed by atoms with Crippen LogP contribution in [0.15, 0.2) is 18.2 Å². The van der Waals surface area contributed by atoms with Crippen molar-refractivity contribution in [1.29, 1.82) is 0 Å². The monoisotopic (exact) mass is 274 g/mol. The highest BCUT2D eigenvalue weighted by molar-refractivity contribution is 6.42. The van der Waals surface area contributed by atoms with Gasteiger partial charge in [-0.1, -0.05) is 50.0 Å². The van der Waals surface area contributed by atoms with Crippen LogP contribution in [0, 0.1) is 5.41 Å². The van der Waals surface area contributed by atoms with Gasteiger partial charge in [0.25, 0.3) is 0 Å². The number of hydrogen-bond donors (Lipinski definition) is 1. The number of rotatable bonds is 3. The molecular weight excluding hydrogens is 259 g/mol. The van der Waals surface area contributed by atoms with Gasteiger partial charge in [0.2, 0.25) is 0 Å². The van der Waals surface area contributed by atoms with Crippen molar-refractivity contribution in [2.45, 2.75) is 33.1 Å². The van der Waals surface area contributed by atoms with E-state index in [2.05, 4.69) is 0 Å². The highest BCUT2D eigenvalue weighted by Crippen LogP contribution is 2.39. The van der Waals surface area contributed by atoms with Crippen molar-refractivity contribution >= 4 is 29.2 Å². The summed E-state index contributed by atoms with van der Waals surface area (Å²) in [6, 6.07) is 5.30. The van der Waals surface area contributed by atoms with Crippen LogP contribution in [0.2, 0.25) is 10.0 Å². The Morgan fingerprint density at radius 1 is 1.29 bits per heavy atom. The van der Waals surface area contributed by atoms with Gasteiger partial charge in [-0.2, -0.15) is 0 Å². The summed E-state index contributed by atoms with van der Waals surface area (Å²) in [7, 11) is 0. The van der Waals surface area contributed by atoms with Crippen LogP contribution >= 0.6 is 23.2 Å². The second-order valence-electron chi connectivity index (χ2n) is 5.19. The first-order valence-electron chi connectivity index (χ1n) is 5.38. The second-order valence-corrected chi connectivity index (χ2v) is 6.00. The minimum atomic E-state index is -0.809. The van der Waals surface area contributed by atoms with Gasteiger partial charge in [0, 0.05) is 0 Å². The third-order valence-electron chi connectivity index (χ3n) is 2.77. The number of halogens is 2. The van der Waals surface area contributed by atoms with Crippen LogP contribution in [0.4, 0.5) is 0 Å². The maximum Gasteiger partial charge on any atom is 0.303 e. The Labute approximate surface area is 112 Å². The Hall–Kier alpha value is -0.730. The van der Waals surface area contributed by atoms with Gasteiger partial charge in [-0.3, -0.25) is 4.79 Å². The zero-order chi connectivity index (χ0) is 13.2. The average Bonchev–Trinajstić information content (AvgIpc) is 2.17. The first-order chi connectivity index (χ1) is 7.71. The van der Waals surface area contributed by atoms with Crippen molar-refractivity contribution in [2.75, 3.05) is 0 Å². The Bertz CT molecular complexity index is 422. The molecule has 4 heteroatoms. The maximum atomic E-state index is 10.9. The summed E-state index contributed by atoms with van der Waals surface area (Å²) in [6.07, 6.45) is 0.0848. The highest BCUT2D eigenvalue weighted by Gasteiger charge is 2.28. The predicted molar refractivity (Wildman–Crippen MR) is 70.9 cm³/mol. The van der Waals surface area contributed by atoms with E-state index in [9.17, 15) is 4.79 Å². The molecule has 94 valence electrons. The lowest BCUT2D eigenvalue weighted by Crippen LogP contribution is -2.21. The van der Waals surface area contributed by atoms with E-state index in [4.69, 9.17) is 28.3 Å². The maximum absolute atomic E-state index is 10.9. The SMILES string of the molecule is CC(C)(C)C(CC(=O)O)c1ccc(Cl)c(Cl)c1. The van der Waals surface area contributed by atoms with Gasteiger partial charge in [0.05, 0.1) is 16.5 Å². The molecule has 0 radical (unpaired) electrons. The molecule has 0 heterocycles. The minimum absolute atomic E-state index is 0.0848. The van der Waals surface area contributed by atoms with Gasteiger partial charge < -0.3 is 5.11 Å². The quantitative estimate of drug-likeness (QED) is 0.875. The summed E-state index contributed by atoms with van der Waals surface area (Å²) in [4.78, 5) is 10.9. The fourth-order valence-electron chi connectivity index (χ4n) is 1.83. The third kappa shape index (κ3) is 3.90. The summed E-state index contributed by atoms with van der Waals surface area (Å²) >= 11 is 11.8. The van der Waals surface area contributed by atoms with E-state index in [0.717, 1.165) is 5.56 Å². The standard InChI is InChI=1S/C13H16Cl2O2/c1-13(2,3)9(7-12(16)17)8-4-5-10(14)11(15)6-8/h4-6,9H,7H2,1-3H3,(H,16,17). The van der Waals surface area contributed by atoms with Gasteiger partial charge in [-0.05, 0) is 29.0 Å². The highest BCUT2D eigenvalue weighted by atomic mass is 35.5. The molecule has 0 aliphatic carbocycles. The van der Waals surface area contributed by atoms with Crippen LogP contribution in [0.5, 0.6) is 0 Å². The molecule has 1 atom stereocenters. The molecule has 0 amide bonds. The normalized spacial score (nSPS) is 13.5. The molecule has 1 N–H and O–H groups in total. The molecule has 17 heavy (non-hydrogen) atoms. The molecule has 0 bridgehead atoms. The second kappa shape index (κ2) is 5.28. The summed E-state index contributed by atoms with van der Waals surface area (Å²) in [5.74, 6) is -0.897. The van der Waals surface area contributed by atoms with Crippen LogP contribution in [0.1, 0.15) is 38.7 Å². The molecule has 1 rings (SSSR count). The van der Waals surface area contributed by atoms with Crippen molar-refractivity contribution in [3.63, 3.8) is 0 Å². The molecular formula is C13H16Cl2O2. The Morgan fingerprint density at radius 2 is 1.88 bits per heavy atom. The molecule has 0 aliphatic heterocycles. The number of carboxylic acid groups (broad SMARTS) is 1. The van der Waals surface area contributed by atoms with Crippen LogP contribution in [-0.2, 0) is 4.79 Å². The zero-order valence-corrected chi connectivity index (χ0v) is 11.6. The smallest absolute Gasteiger partial charge is 0.303 e. The van der Waals surface area contributed by atoms with Gasteiger partial charge in [0.1, 0.15) is 0 Å². The van der Waals surface area contributed by atoms with Crippen LogP contribution in [0.25, 0.3) is 0 Å². The molecule has 0 spiro atoms. The number of carboxylic acids is 1. The Morgan fingerprint density at radius 3 is 2.29 bits per heavy atom. The van der Waals surface area contributed by atoms with E-state index in [1.807, 2.05) is 26.8 Å². The predicted octanol–water partition coefficient (Wildman–Crippen LogP) is 4.60. The van der Waals surface area contributed by atoms with Crippen LogP contribution in [0.3, 0.4) is 0 Å². The van der Waals surface area contributed by atoms with Crippen molar-refractivity contribution in [3.8, 4) is 0 Å². The average molecular weight is 275 g/mol. The van der Waals surface area contributed by atoms with E-state index in [-0.39, 0.29) is 17.8 Å². The molecule has 0 aromatic heterocycles. The molecule has 0 fully saturated rings. The first-order valence-corrected chi connectivity index (χ1v) is 6.14. The zero-order valence-electron chi connectivity index (χ0n) is 10.1. The molecule has 2 nitrogen and oxygen atoms in total. The molecule has 1 unspecified atom stereocenters. The summed E-state index contributed by atoms with van der Waals surface area (Å²) in [6.45, 7) is 6.05. The molecule has 0 saturated heterocycles. The lowest BCUT2D eigenvalue weighted by atomic mass is 9.75. The van der Waals surface area contributed by atoms with Crippen molar-refractivity contribution in [3.05, 3.63) is 33.8 Å². The third-order valence-corrected chi connectivity index (χ3v) is 3.51. The first kappa shape index (κ1) is 14.3. The van der Waals surface area contributed by atoms with E-state index in [0.29, 0.717) is 10.0 Å². The summed E-state index contributed by atoms with van der Waals surface area (Å²) in [5, 5.41) is 9.92. The fraction of sp³-hybridized carbons (Fsp3) is 0.462. The Balaban J connectivity index is 3.13. The lowest BCUT2D eigenvalue weighted by molar-refractivity contribution is -0.138. The van der Waals surface area contributed by atoms with Gasteiger partial charge >= 0.3 is 5.97 Å². The number of benzene rings is 1. The number of aliphatic carboxylic acids is 1. The molecule has 0 saturated carbocycles. The van der Waals surface area contributed by atoms with Gasteiger partial charge in [-0.15, -0.1) is 0 Å². The van der Waals surface area contributed by atoms with Crippen molar-refractivity contribution in [1.82, 2.24) is 0 Å². The largest absolute Gasteiger partial charge is 0.481 e. The fourth-order valence-corrected chi connectivity index (χ4v) is 2.13. The van der Waals surface area contributed by atoms with Gasteiger partial charge in [-0.25, -0.2) is 0 Å². The van der Waals surface area contributed by atoms with E-state index in [1.165, 1.54) is 0 Å². The molecule has 0 aliphatic rings. The van der Waals surface area contributed by atoms with E-state index in [1.54, 1.807) is 12.1 Å². The van der Waals surface area contributed by atoms with Crippen molar-refractivity contribution < 1.29 is 9.90 Å². The molecule has 1 aromatic carbocycles. The Kier molecular flexibility index (Phi) is 4.45. The molecule has 1 aromatic rings. The minimum Gasteiger partial charge on any atom is -0.481 e. The summed E-state index contributed by atoms with van der Waals surface area (Å²) in [5.41, 5.74) is 0.768. The number of hydrogen-bond acceptors (Lipinski definition) is 1. The summed E-state index contributed by atoms with van der Waals surface area (Å²) < 4.78 is 0. The van der Waals surface area contributed by atoms with E-state index >= 15 is 0 Å². The van der Waals surface area contributed by atoms with Gasteiger partial charge in [0.15, 0.2) is 0 Å². The van der Waals surface area contributed by atoms with Crippen LogP contribution in [-0.4, -0.2) is 11.1 Å². The lowest BCUT2D eigenvalue weighted by Gasteiger charge is -2.30. The van der Waals surface area contributed by atoms with Crippen molar-refractivity contribution in [2.24, 2.45) is 5.41 Å². The number of carbonyl (C=O) groups is 1.